The maximum atomic E-state index is 15.3. The number of rotatable bonds is 11. The second-order valence-corrected chi connectivity index (χ2v) is 14.7. The summed E-state index contributed by atoms with van der Waals surface area (Å²) in [5.41, 5.74) is 0.188. The summed E-state index contributed by atoms with van der Waals surface area (Å²) in [6.45, 7) is 12.6. The molecule has 1 aliphatic rings. The number of carbonyl (C=O) groups excluding carboxylic acids is 2. The maximum Gasteiger partial charge on any atom is 0.232 e. The number of methoxy groups -OCH3 is 2. The van der Waals surface area contributed by atoms with Crippen molar-refractivity contribution in [1.29, 1.82) is 0 Å². The first-order chi connectivity index (χ1) is 17.9. The molecule has 0 saturated heterocycles. The zero-order valence-electron chi connectivity index (χ0n) is 24.5. The minimum absolute atomic E-state index is 0.180. The topological polar surface area (TPSA) is 69.7 Å². The van der Waals surface area contributed by atoms with Crippen LogP contribution in [0.15, 0.2) is 36.4 Å². The molecule has 1 saturated carbocycles. The molecular formula is C32H45O5P. The van der Waals surface area contributed by atoms with Crippen molar-refractivity contribution in [3.8, 4) is 11.5 Å². The highest BCUT2D eigenvalue weighted by Gasteiger charge is 2.50. The van der Waals surface area contributed by atoms with Crippen LogP contribution in [0.2, 0.25) is 0 Å². The molecule has 38 heavy (non-hydrogen) atoms. The van der Waals surface area contributed by atoms with Crippen LogP contribution in [0, 0.1) is 0 Å². The Hall–Kier alpha value is -2.39. The molecule has 0 spiro atoms. The molecular weight excluding hydrogens is 495 g/mol. The van der Waals surface area contributed by atoms with Gasteiger partial charge in [0.15, 0.2) is 0 Å². The van der Waals surface area contributed by atoms with Gasteiger partial charge in [0.2, 0.25) is 18.2 Å². The lowest BCUT2D eigenvalue weighted by atomic mass is 9.73. The highest BCUT2D eigenvalue weighted by molar-refractivity contribution is 7.96. The van der Waals surface area contributed by atoms with Crippen LogP contribution in [0.4, 0.5) is 0 Å². The Morgan fingerprint density at radius 2 is 1.39 bits per heavy atom. The quantitative estimate of drug-likeness (QED) is 0.267. The molecule has 0 amide bonds. The van der Waals surface area contributed by atoms with Crippen LogP contribution in [0.25, 0.3) is 0 Å². The molecule has 0 bridgehead atoms. The maximum absolute atomic E-state index is 15.3. The van der Waals surface area contributed by atoms with Crippen LogP contribution in [0.1, 0.15) is 118 Å². The van der Waals surface area contributed by atoms with E-state index in [1.54, 1.807) is 18.2 Å². The van der Waals surface area contributed by atoms with Gasteiger partial charge in [0.1, 0.15) is 11.5 Å². The minimum Gasteiger partial charge on any atom is -0.497 e. The molecule has 1 fully saturated rings. The number of benzene rings is 2. The first-order valence-corrected chi connectivity index (χ1v) is 15.7. The van der Waals surface area contributed by atoms with Crippen LogP contribution in [0.5, 0.6) is 11.5 Å². The Balaban J connectivity index is 2.35. The van der Waals surface area contributed by atoms with Crippen molar-refractivity contribution in [3.63, 3.8) is 0 Å². The van der Waals surface area contributed by atoms with Crippen LogP contribution in [-0.4, -0.2) is 30.9 Å². The fraction of sp³-hybridized carbons (Fsp3) is 0.562. The smallest absolute Gasteiger partial charge is 0.232 e. The zero-order valence-corrected chi connectivity index (χ0v) is 25.4. The summed E-state index contributed by atoms with van der Waals surface area (Å²) in [7, 11) is -1.09. The first kappa shape index (κ1) is 30.2. The molecule has 1 unspecified atom stereocenters. The second kappa shape index (κ2) is 11.8. The van der Waals surface area contributed by atoms with Crippen molar-refractivity contribution in [3.05, 3.63) is 58.7 Å². The van der Waals surface area contributed by atoms with E-state index in [-0.39, 0.29) is 22.1 Å². The van der Waals surface area contributed by atoms with Gasteiger partial charge < -0.3 is 14.0 Å². The standard InChI is InChI=1S/C32H45O5P/c1-9-31(3,4)25-17-14-18-26(32(5,6)10-2)28(25)30(34)38(35,23-15-12-11-13-16-23)29(33)24-20-19-22(36-7)21-27(24)37-8/h14,17-21,23H,9-13,15-16H2,1-8H3. The van der Waals surface area contributed by atoms with Gasteiger partial charge in [-0.15, -0.1) is 0 Å². The summed E-state index contributed by atoms with van der Waals surface area (Å²) in [6.07, 6.45) is 5.58. The minimum atomic E-state index is -4.10. The Kier molecular flexibility index (Phi) is 9.35. The van der Waals surface area contributed by atoms with Crippen molar-refractivity contribution in [2.45, 2.75) is 103 Å². The third-order valence-corrected chi connectivity index (χ3v) is 12.1. The van der Waals surface area contributed by atoms with E-state index in [2.05, 4.69) is 41.5 Å². The number of hydrogen-bond donors (Lipinski definition) is 0. The predicted molar refractivity (Wildman–Crippen MR) is 156 cm³/mol. The summed E-state index contributed by atoms with van der Waals surface area (Å²) in [4.78, 5) is 29.3. The summed E-state index contributed by atoms with van der Waals surface area (Å²) in [6, 6.07) is 10.8. The van der Waals surface area contributed by atoms with Gasteiger partial charge in [-0.25, -0.2) is 0 Å². The summed E-state index contributed by atoms with van der Waals surface area (Å²) < 4.78 is 26.2. The lowest BCUT2D eigenvalue weighted by Gasteiger charge is -2.35. The Morgan fingerprint density at radius 1 is 0.842 bits per heavy atom. The van der Waals surface area contributed by atoms with Gasteiger partial charge in [0, 0.05) is 17.3 Å². The molecule has 3 rings (SSSR count). The SMILES string of the molecule is CCC(C)(C)c1cccc(C(C)(C)CC)c1C(=O)P(=O)(C(=O)c1ccc(OC)cc1OC)C1CCCCC1. The van der Waals surface area contributed by atoms with Gasteiger partial charge in [-0.05, 0) is 59.8 Å². The van der Waals surface area contributed by atoms with Gasteiger partial charge >= 0.3 is 0 Å². The lowest BCUT2D eigenvalue weighted by molar-refractivity contribution is 0.103. The van der Waals surface area contributed by atoms with E-state index in [1.165, 1.54) is 14.2 Å². The van der Waals surface area contributed by atoms with Crippen molar-refractivity contribution in [2.24, 2.45) is 0 Å². The summed E-state index contributed by atoms with van der Waals surface area (Å²) in [5.74, 6) is 0.800. The van der Waals surface area contributed by atoms with E-state index in [1.807, 2.05) is 18.2 Å². The summed E-state index contributed by atoms with van der Waals surface area (Å²) >= 11 is 0. The summed E-state index contributed by atoms with van der Waals surface area (Å²) in [5, 5.41) is 0. The van der Waals surface area contributed by atoms with Crippen molar-refractivity contribution in [1.82, 2.24) is 0 Å². The van der Waals surface area contributed by atoms with Gasteiger partial charge in [0.25, 0.3) is 0 Å². The fourth-order valence-electron chi connectivity index (χ4n) is 5.48. The molecule has 5 nitrogen and oxygen atoms in total. The van der Waals surface area contributed by atoms with E-state index in [0.29, 0.717) is 24.2 Å². The largest absolute Gasteiger partial charge is 0.497 e. The molecule has 0 aromatic heterocycles. The van der Waals surface area contributed by atoms with Crippen molar-refractivity contribution in [2.75, 3.05) is 14.2 Å². The van der Waals surface area contributed by atoms with Gasteiger partial charge in [-0.2, -0.15) is 0 Å². The molecule has 0 radical (unpaired) electrons. The molecule has 1 atom stereocenters. The first-order valence-electron chi connectivity index (χ1n) is 13.9. The van der Waals surface area contributed by atoms with Gasteiger partial charge in [-0.3, -0.25) is 9.59 Å². The van der Waals surface area contributed by atoms with E-state index in [4.69, 9.17) is 9.47 Å². The number of ether oxygens (including phenoxy) is 2. The molecule has 0 aliphatic heterocycles. The Bertz CT molecular complexity index is 1190. The Labute approximate surface area is 229 Å². The predicted octanol–water partition coefficient (Wildman–Crippen LogP) is 8.76. The van der Waals surface area contributed by atoms with Crippen LogP contribution >= 0.6 is 7.14 Å². The zero-order chi connectivity index (χ0) is 28.3. The third-order valence-electron chi connectivity index (χ3n) is 8.84. The molecule has 1 aliphatic carbocycles. The Morgan fingerprint density at radius 3 is 1.87 bits per heavy atom. The second-order valence-electron chi connectivity index (χ2n) is 11.8. The highest BCUT2D eigenvalue weighted by atomic mass is 31.2. The van der Waals surface area contributed by atoms with Crippen molar-refractivity contribution >= 4 is 18.2 Å². The molecule has 2 aromatic carbocycles. The average molecular weight is 541 g/mol. The van der Waals surface area contributed by atoms with Crippen molar-refractivity contribution < 1.29 is 23.6 Å². The van der Waals surface area contributed by atoms with Crippen LogP contribution in [-0.2, 0) is 15.4 Å². The highest BCUT2D eigenvalue weighted by Crippen LogP contribution is 2.62. The van der Waals surface area contributed by atoms with Crippen LogP contribution < -0.4 is 9.47 Å². The normalized spacial score (nSPS) is 16.5. The molecule has 0 heterocycles. The van der Waals surface area contributed by atoms with E-state index < -0.39 is 23.8 Å². The molecule has 2 aromatic rings. The monoisotopic (exact) mass is 540 g/mol. The van der Waals surface area contributed by atoms with Gasteiger partial charge in [-0.1, -0.05) is 79.0 Å². The number of hydrogen-bond acceptors (Lipinski definition) is 5. The third kappa shape index (κ3) is 5.50. The number of carbonyl (C=O) groups is 2. The molecule has 6 heteroatoms. The van der Waals surface area contributed by atoms with Gasteiger partial charge in [0.05, 0.1) is 19.8 Å². The lowest BCUT2D eigenvalue weighted by Crippen LogP contribution is -2.30. The fourth-order valence-corrected chi connectivity index (χ4v) is 8.54. The van der Waals surface area contributed by atoms with E-state index in [9.17, 15) is 9.59 Å². The van der Waals surface area contributed by atoms with E-state index >= 15 is 4.57 Å². The molecule has 0 N–H and O–H groups in total. The molecule has 208 valence electrons. The average Bonchev–Trinajstić information content (AvgIpc) is 2.95. The van der Waals surface area contributed by atoms with E-state index in [0.717, 1.165) is 43.2 Å². The van der Waals surface area contributed by atoms with Crippen LogP contribution in [0.3, 0.4) is 0 Å².